The molecule has 0 amide bonds. The minimum absolute atomic E-state index is 0.469. The van der Waals surface area contributed by atoms with Crippen LogP contribution < -0.4 is 5.32 Å². The SMILES string of the molecule is CCCNC(Cc1cncs1)c1cc2c(s1)CCC2. The van der Waals surface area contributed by atoms with Crippen LogP contribution in [0.4, 0.5) is 0 Å². The summed E-state index contributed by atoms with van der Waals surface area (Å²) < 4.78 is 0. The van der Waals surface area contributed by atoms with Crippen LogP contribution in [-0.4, -0.2) is 11.5 Å². The Hall–Kier alpha value is -0.710. The van der Waals surface area contributed by atoms with E-state index in [2.05, 4.69) is 23.3 Å². The molecule has 0 spiro atoms. The number of thiazole rings is 1. The molecule has 1 unspecified atom stereocenters. The summed E-state index contributed by atoms with van der Waals surface area (Å²) >= 11 is 3.79. The molecule has 1 aliphatic rings. The number of hydrogen-bond donors (Lipinski definition) is 1. The number of aromatic nitrogens is 1. The van der Waals surface area contributed by atoms with Crippen molar-refractivity contribution >= 4 is 22.7 Å². The van der Waals surface area contributed by atoms with Crippen LogP contribution in [0.25, 0.3) is 0 Å². The van der Waals surface area contributed by atoms with E-state index in [0.29, 0.717) is 6.04 Å². The molecule has 1 N–H and O–H groups in total. The Morgan fingerprint density at radius 3 is 3.11 bits per heavy atom. The summed E-state index contributed by atoms with van der Waals surface area (Å²) in [5.41, 5.74) is 3.54. The Bertz CT molecular complexity index is 495. The number of nitrogens with zero attached hydrogens (tertiary/aromatic N) is 1. The smallest absolute Gasteiger partial charge is 0.0794 e. The average Bonchev–Trinajstić information content (AvgIpc) is 3.09. The van der Waals surface area contributed by atoms with E-state index in [1.807, 2.05) is 23.0 Å². The van der Waals surface area contributed by atoms with Gasteiger partial charge < -0.3 is 5.32 Å². The largest absolute Gasteiger partial charge is 0.309 e. The lowest BCUT2D eigenvalue weighted by molar-refractivity contribution is 0.539. The number of aryl methyl sites for hydroxylation is 2. The van der Waals surface area contributed by atoms with Crippen molar-refractivity contribution in [2.24, 2.45) is 0 Å². The van der Waals surface area contributed by atoms with Crippen LogP contribution >= 0.6 is 22.7 Å². The molecule has 2 nitrogen and oxygen atoms in total. The van der Waals surface area contributed by atoms with Gasteiger partial charge in [-0.2, -0.15) is 0 Å². The van der Waals surface area contributed by atoms with Crippen LogP contribution in [0.1, 0.15) is 46.0 Å². The zero-order valence-corrected chi connectivity index (χ0v) is 12.9. The first kappa shape index (κ1) is 13.3. The summed E-state index contributed by atoms with van der Waals surface area (Å²) in [6.45, 7) is 3.32. The number of hydrogen-bond acceptors (Lipinski definition) is 4. The fourth-order valence-electron chi connectivity index (χ4n) is 2.66. The molecule has 2 aromatic heterocycles. The van der Waals surface area contributed by atoms with Gasteiger partial charge in [-0.05, 0) is 43.9 Å². The summed E-state index contributed by atoms with van der Waals surface area (Å²) in [6, 6.07) is 2.91. The molecule has 2 aromatic rings. The van der Waals surface area contributed by atoms with E-state index in [-0.39, 0.29) is 0 Å². The maximum Gasteiger partial charge on any atom is 0.0794 e. The van der Waals surface area contributed by atoms with Crippen molar-refractivity contribution in [1.82, 2.24) is 10.3 Å². The van der Waals surface area contributed by atoms with Crippen molar-refractivity contribution < 1.29 is 0 Å². The van der Waals surface area contributed by atoms with Gasteiger partial charge in [-0.25, -0.2) is 0 Å². The molecule has 4 heteroatoms. The molecule has 0 radical (unpaired) electrons. The van der Waals surface area contributed by atoms with Gasteiger partial charge in [0, 0.05) is 33.3 Å². The maximum atomic E-state index is 4.19. The van der Waals surface area contributed by atoms with Crippen molar-refractivity contribution in [3.63, 3.8) is 0 Å². The third-order valence-corrected chi connectivity index (χ3v) is 5.79. The molecule has 0 saturated carbocycles. The number of thiophene rings is 1. The lowest BCUT2D eigenvalue weighted by Crippen LogP contribution is -2.23. The molecule has 102 valence electrons. The van der Waals surface area contributed by atoms with E-state index in [9.17, 15) is 0 Å². The van der Waals surface area contributed by atoms with Crippen molar-refractivity contribution in [2.45, 2.75) is 45.1 Å². The minimum Gasteiger partial charge on any atom is -0.309 e. The Kier molecular flexibility index (Phi) is 4.31. The number of nitrogens with one attached hydrogen (secondary N) is 1. The van der Waals surface area contributed by atoms with Gasteiger partial charge in [0.25, 0.3) is 0 Å². The van der Waals surface area contributed by atoms with E-state index in [4.69, 9.17) is 0 Å². The highest BCUT2D eigenvalue weighted by Crippen LogP contribution is 2.35. The van der Waals surface area contributed by atoms with Gasteiger partial charge in [0.05, 0.1) is 5.51 Å². The molecule has 0 aromatic carbocycles. The zero-order chi connectivity index (χ0) is 13.1. The van der Waals surface area contributed by atoms with Gasteiger partial charge in [-0.1, -0.05) is 6.92 Å². The lowest BCUT2D eigenvalue weighted by atomic mass is 10.1. The molecule has 0 bridgehead atoms. The monoisotopic (exact) mass is 292 g/mol. The standard InChI is InChI=1S/C15H20N2S2/c1-2-6-17-13(8-12-9-16-10-18-12)15-7-11-4-3-5-14(11)19-15/h7,9-10,13,17H,2-6,8H2,1H3. The van der Waals surface area contributed by atoms with Crippen LogP contribution in [0.5, 0.6) is 0 Å². The number of rotatable bonds is 6. The fraction of sp³-hybridized carbons (Fsp3) is 0.533. The molecule has 0 aliphatic heterocycles. The highest BCUT2D eigenvalue weighted by molar-refractivity contribution is 7.12. The summed E-state index contributed by atoms with van der Waals surface area (Å²) in [5.74, 6) is 0. The Morgan fingerprint density at radius 2 is 2.37 bits per heavy atom. The Balaban J connectivity index is 1.77. The molecular formula is C15H20N2S2. The first-order valence-electron chi connectivity index (χ1n) is 7.09. The molecule has 0 saturated heterocycles. The third-order valence-electron chi connectivity index (χ3n) is 3.64. The Morgan fingerprint density at radius 1 is 1.42 bits per heavy atom. The lowest BCUT2D eigenvalue weighted by Gasteiger charge is -2.16. The molecule has 2 heterocycles. The van der Waals surface area contributed by atoms with Crippen molar-refractivity contribution in [2.75, 3.05) is 6.54 Å². The van der Waals surface area contributed by atoms with Crippen LogP contribution in [0.2, 0.25) is 0 Å². The van der Waals surface area contributed by atoms with Crippen molar-refractivity contribution in [3.8, 4) is 0 Å². The topological polar surface area (TPSA) is 24.9 Å². The molecule has 1 aliphatic carbocycles. The van der Waals surface area contributed by atoms with Gasteiger partial charge in [0.15, 0.2) is 0 Å². The van der Waals surface area contributed by atoms with E-state index < -0.39 is 0 Å². The van der Waals surface area contributed by atoms with Gasteiger partial charge >= 0.3 is 0 Å². The fourth-order valence-corrected chi connectivity index (χ4v) is 4.63. The number of fused-ring (bicyclic) bond motifs is 1. The Labute approximate surface area is 122 Å². The molecule has 19 heavy (non-hydrogen) atoms. The van der Waals surface area contributed by atoms with E-state index in [0.717, 1.165) is 13.0 Å². The predicted octanol–water partition coefficient (Wildman–Crippen LogP) is 3.98. The van der Waals surface area contributed by atoms with E-state index >= 15 is 0 Å². The van der Waals surface area contributed by atoms with Crippen molar-refractivity contribution in [3.05, 3.63) is 38.0 Å². The third kappa shape index (κ3) is 3.07. The second-order valence-corrected chi connectivity index (χ2v) is 7.27. The predicted molar refractivity (Wildman–Crippen MR) is 83.2 cm³/mol. The van der Waals surface area contributed by atoms with Crippen LogP contribution in [0.3, 0.4) is 0 Å². The summed E-state index contributed by atoms with van der Waals surface area (Å²) in [5, 5.41) is 3.70. The molecular weight excluding hydrogens is 272 g/mol. The molecule has 3 rings (SSSR count). The quantitative estimate of drug-likeness (QED) is 0.871. The molecule has 0 fully saturated rings. The first-order chi connectivity index (χ1) is 9.36. The van der Waals surface area contributed by atoms with E-state index in [1.54, 1.807) is 21.8 Å². The molecule has 1 atom stereocenters. The maximum absolute atomic E-state index is 4.19. The second-order valence-electron chi connectivity index (χ2n) is 5.13. The van der Waals surface area contributed by atoms with Gasteiger partial charge in [-0.3, -0.25) is 4.98 Å². The summed E-state index contributed by atoms with van der Waals surface area (Å²) in [7, 11) is 0. The average molecular weight is 292 g/mol. The second kappa shape index (κ2) is 6.16. The van der Waals surface area contributed by atoms with Crippen molar-refractivity contribution in [1.29, 1.82) is 0 Å². The minimum atomic E-state index is 0.469. The van der Waals surface area contributed by atoms with Gasteiger partial charge in [-0.15, -0.1) is 22.7 Å². The van der Waals surface area contributed by atoms with Gasteiger partial charge in [0.1, 0.15) is 0 Å². The summed E-state index contributed by atoms with van der Waals surface area (Å²) in [6.07, 6.45) is 8.19. The normalized spacial score (nSPS) is 15.6. The highest BCUT2D eigenvalue weighted by Gasteiger charge is 2.20. The zero-order valence-electron chi connectivity index (χ0n) is 11.3. The van der Waals surface area contributed by atoms with Crippen LogP contribution in [0.15, 0.2) is 17.8 Å². The first-order valence-corrected chi connectivity index (χ1v) is 8.78. The van der Waals surface area contributed by atoms with Crippen LogP contribution in [-0.2, 0) is 19.3 Å². The van der Waals surface area contributed by atoms with Crippen LogP contribution in [0, 0.1) is 0 Å². The highest BCUT2D eigenvalue weighted by atomic mass is 32.1. The summed E-state index contributed by atoms with van der Waals surface area (Å²) in [4.78, 5) is 8.72. The van der Waals surface area contributed by atoms with Gasteiger partial charge in [0.2, 0.25) is 0 Å². The van der Waals surface area contributed by atoms with E-state index in [1.165, 1.54) is 35.4 Å².